The third kappa shape index (κ3) is 6.32. The molecule has 0 N–H and O–H groups in total. The molecule has 1 fully saturated rings. The lowest BCUT2D eigenvalue weighted by Crippen LogP contribution is -2.38. The van der Waals surface area contributed by atoms with Crippen LogP contribution in [0.25, 0.3) is 0 Å². The van der Waals surface area contributed by atoms with E-state index in [1.54, 1.807) is 0 Å². The summed E-state index contributed by atoms with van der Waals surface area (Å²) in [7, 11) is -1.47. The molecule has 1 unspecified atom stereocenters. The largest absolute Gasteiger partial charge is 0.417 e. The fraction of sp³-hybridized carbons (Fsp3) is 1.00. The monoisotopic (exact) mass is 274 g/mol. The molecule has 0 aliphatic carbocycles. The van der Waals surface area contributed by atoms with Crippen molar-refractivity contribution in [3.05, 3.63) is 0 Å². The van der Waals surface area contributed by atoms with E-state index in [-0.39, 0.29) is 0 Å². The van der Waals surface area contributed by atoms with Gasteiger partial charge in [0.1, 0.15) is 6.10 Å². The van der Waals surface area contributed by atoms with Crippen molar-refractivity contribution in [2.75, 3.05) is 26.4 Å². The zero-order valence-corrected chi connectivity index (χ0v) is 13.4. The van der Waals surface area contributed by atoms with Crippen molar-refractivity contribution in [3.8, 4) is 0 Å². The molecule has 0 aromatic rings. The van der Waals surface area contributed by atoms with Gasteiger partial charge in [-0.1, -0.05) is 26.7 Å². The Morgan fingerprint density at radius 2 is 1.78 bits per heavy atom. The summed E-state index contributed by atoms with van der Waals surface area (Å²) in [6.45, 7) is 10.1. The topological polar surface area (TPSA) is 31.0 Å². The predicted octanol–water partition coefficient (Wildman–Crippen LogP) is 3.59. The first-order valence-corrected chi connectivity index (χ1v) is 10.1. The van der Waals surface area contributed by atoms with E-state index in [4.69, 9.17) is 13.9 Å². The van der Waals surface area contributed by atoms with Crippen LogP contribution in [0.4, 0.5) is 0 Å². The molecule has 1 atom stereocenters. The van der Waals surface area contributed by atoms with Gasteiger partial charge in [0.15, 0.2) is 8.32 Å². The average molecular weight is 274 g/mol. The molecule has 1 aliphatic rings. The van der Waals surface area contributed by atoms with Gasteiger partial charge in [0.2, 0.25) is 0 Å². The molecule has 1 rings (SSSR count). The molecule has 0 aromatic heterocycles. The highest BCUT2D eigenvalue weighted by Crippen LogP contribution is 2.27. The average Bonchev–Trinajstić information content (AvgIpc) is 3.14. The molecule has 0 amide bonds. The van der Waals surface area contributed by atoms with Crippen LogP contribution in [0.3, 0.4) is 0 Å². The third-order valence-corrected chi connectivity index (χ3v) is 8.48. The van der Waals surface area contributed by atoms with Gasteiger partial charge in [-0.05, 0) is 31.5 Å². The first-order valence-electron chi connectivity index (χ1n) is 7.59. The lowest BCUT2D eigenvalue weighted by molar-refractivity contribution is 0.116. The highest BCUT2D eigenvalue weighted by Gasteiger charge is 2.32. The van der Waals surface area contributed by atoms with Crippen LogP contribution >= 0.6 is 0 Å². The van der Waals surface area contributed by atoms with Crippen LogP contribution in [-0.4, -0.2) is 40.8 Å². The molecule has 18 heavy (non-hydrogen) atoms. The van der Waals surface area contributed by atoms with Gasteiger partial charge in [0.25, 0.3) is 0 Å². The van der Waals surface area contributed by atoms with Gasteiger partial charge >= 0.3 is 0 Å². The summed E-state index contributed by atoms with van der Waals surface area (Å²) in [4.78, 5) is 0. The molecule has 108 valence electrons. The second kappa shape index (κ2) is 9.07. The van der Waals surface area contributed by atoms with Gasteiger partial charge in [0.05, 0.1) is 13.2 Å². The summed E-state index contributed by atoms with van der Waals surface area (Å²) >= 11 is 0. The lowest BCUT2D eigenvalue weighted by Gasteiger charge is -2.30. The minimum Gasteiger partial charge on any atom is -0.417 e. The smallest absolute Gasteiger partial charge is 0.192 e. The number of hydrogen-bond donors (Lipinski definition) is 0. The van der Waals surface area contributed by atoms with Crippen molar-refractivity contribution < 1.29 is 13.9 Å². The number of ether oxygens (including phenoxy) is 2. The van der Waals surface area contributed by atoms with E-state index in [2.05, 4.69) is 20.8 Å². The Kier molecular flexibility index (Phi) is 8.14. The summed E-state index contributed by atoms with van der Waals surface area (Å²) in [5.74, 6) is 0. The van der Waals surface area contributed by atoms with Gasteiger partial charge in [0, 0.05) is 13.2 Å². The van der Waals surface area contributed by atoms with Gasteiger partial charge in [-0.25, -0.2) is 0 Å². The second-order valence-corrected chi connectivity index (χ2v) is 9.40. The van der Waals surface area contributed by atoms with Crippen molar-refractivity contribution in [2.45, 2.75) is 64.3 Å². The number of epoxide rings is 1. The van der Waals surface area contributed by atoms with E-state index >= 15 is 0 Å². The Labute approximate surface area is 113 Å². The number of hydrogen-bond acceptors (Lipinski definition) is 3. The maximum Gasteiger partial charge on any atom is 0.192 e. The van der Waals surface area contributed by atoms with Crippen LogP contribution in [-0.2, 0) is 13.9 Å². The summed E-state index contributed by atoms with van der Waals surface area (Å²) < 4.78 is 17.0. The summed E-state index contributed by atoms with van der Waals surface area (Å²) in [5.41, 5.74) is 0. The van der Waals surface area contributed by atoms with E-state index in [1.165, 1.54) is 31.0 Å². The standard InChI is InChI=1S/C14H30O3Si/c1-4-9-18(10-5-2,17-6-3)11-7-8-15-12-14-13-16-14/h14H,4-13H2,1-3H3. The van der Waals surface area contributed by atoms with Crippen molar-refractivity contribution in [2.24, 2.45) is 0 Å². The highest BCUT2D eigenvalue weighted by molar-refractivity contribution is 6.73. The molecule has 0 saturated carbocycles. The predicted molar refractivity (Wildman–Crippen MR) is 77.6 cm³/mol. The summed E-state index contributed by atoms with van der Waals surface area (Å²) in [5, 5.41) is 0. The maximum absolute atomic E-state index is 6.21. The lowest BCUT2D eigenvalue weighted by atomic mass is 10.5. The van der Waals surface area contributed by atoms with Gasteiger partial charge in [-0.15, -0.1) is 0 Å². The van der Waals surface area contributed by atoms with Crippen LogP contribution in [0.2, 0.25) is 18.1 Å². The molecule has 0 spiro atoms. The minimum atomic E-state index is -1.47. The van der Waals surface area contributed by atoms with Crippen LogP contribution in [0.5, 0.6) is 0 Å². The van der Waals surface area contributed by atoms with Crippen LogP contribution in [0, 0.1) is 0 Å². The molecule has 0 radical (unpaired) electrons. The molecular formula is C14H30O3Si. The molecule has 4 heteroatoms. The van der Waals surface area contributed by atoms with Gasteiger partial charge in [-0.2, -0.15) is 0 Å². The summed E-state index contributed by atoms with van der Waals surface area (Å²) in [6.07, 6.45) is 4.05. The van der Waals surface area contributed by atoms with Crippen LogP contribution in [0.15, 0.2) is 0 Å². The Hall–Kier alpha value is 0.0969. The van der Waals surface area contributed by atoms with E-state index in [0.29, 0.717) is 6.10 Å². The fourth-order valence-electron chi connectivity index (χ4n) is 2.68. The Morgan fingerprint density at radius 3 is 2.28 bits per heavy atom. The molecule has 1 aliphatic heterocycles. The zero-order valence-electron chi connectivity index (χ0n) is 12.4. The van der Waals surface area contributed by atoms with Crippen molar-refractivity contribution in [1.29, 1.82) is 0 Å². The first-order chi connectivity index (χ1) is 8.76. The molecule has 0 bridgehead atoms. The van der Waals surface area contributed by atoms with Crippen molar-refractivity contribution >= 4 is 8.32 Å². The molecular weight excluding hydrogens is 244 g/mol. The van der Waals surface area contributed by atoms with Crippen molar-refractivity contribution in [1.82, 2.24) is 0 Å². The Bertz CT molecular complexity index is 190. The van der Waals surface area contributed by atoms with Gasteiger partial charge < -0.3 is 13.9 Å². The quantitative estimate of drug-likeness (QED) is 0.309. The SMILES string of the molecule is CCC[Si](CCC)(CCCOCC1CO1)OCC. The Balaban J connectivity index is 2.22. The van der Waals surface area contributed by atoms with E-state index < -0.39 is 8.32 Å². The third-order valence-electron chi connectivity index (χ3n) is 3.49. The minimum absolute atomic E-state index is 0.394. The number of rotatable bonds is 12. The van der Waals surface area contributed by atoms with E-state index in [0.717, 1.165) is 32.8 Å². The molecule has 0 aromatic carbocycles. The van der Waals surface area contributed by atoms with E-state index in [9.17, 15) is 0 Å². The normalized spacial score (nSPS) is 19.2. The van der Waals surface area contributed by atoms with Crippen LogP contribution in [0.1, 0.15) is 40.0 Å². The summed E-state index contributed by atoms with van der Waals surface area (Å²) in [6, 6.07) is 3.87. The van der Waals surface area contributed by atoms with Gasteiger partial charge in [-0.3, -0.25) is 0 Å². The fourth-order valence-corrected chi connectivity index (χ4v) is 7.09. The molecule has 3 nitrogen and oxygen atoms in total. The second-order valence-electron chi connectivity index (χ2n) is 5.25. The van der Waals surface area contributed by atoms with E-state index in [1.807, 2.05) is 0 Å². The molecule has 1 heterocycles. The first kappa shape index (κ1) is 16.2. The zero-order chi connectivity index (χ0) is 13.3. The van der Waals surface area contributed by atoms with Crippen molar-refractivity contribution in [3.63, 3.8) is 0 Å². The Morgan fingerprint density at radius 1 is 1.11 bits per heavy atom. The highest BCUT2D eigenvalue weighted by atomic mass is 28.4. The molecule has 1 saturated heterocycles. The maximum atomic E-state index is 6.21. The van der Waals surface area contributed by atoms with Crippen LogP contribution < -0.4 is 0 Å².